The van der Waals surface area contributed by atoms with Crippen molar-refractivity contribution in [2.45, 2.75) is 26.3 Å². The van der Waals surface area contributed by atoms with Gasteiger partial charge < -0.3 is 13.7 Å². The Kier molecular flexibility index (Phi) is 5.33. The number of benzene rings is 1. The van der Waals surface area contributed by atoms with Gasteiger partial charge in [0, 0.05) is 12.5 Å². The zero-order chi connectivity index (χ0) is 16.9. The molecule has 0 aliphatic carbocycles. The van der Waals surface area contributed by atoms with Crippen LogP contribution in [0.4, 0.5) is 5.69 Å². The monoisotopic (exact) mass is 342 g/mol. The highest BCUT2D eigenvalue weighted by Crippen LogP contribution is 2.24. The van der Waals surface area contributed by atoms with Crippen LogP contribution in [0.5, 0.6) is 0 Å². The van der Waals surface area contributed by atoms with Crippen molar-refractivity contribution in [2.24, 2.45) is 4.99 Å². The van der Waals surface area contributed by atoms with Crippen LogP contribution >= 0.6 is 11.3 Å². The molecule has 4 nitrogen and oxygen atoms in total. The van der Waals surface area contributed by atoms with Crippen molar-refractivity contribution in [3.63, 3.8) is 0 Å². The van der Waals surface area contributed by atoms with Gasteiger partial charge in [0.25, 0.3) is 0 Å². The van der Waals surface area contributed by atoms with Gasteiger partial charge in [0.2, 0.25) is 0 Å². The van der Waals surface area contributed by atoms with Crippen LogP contribution in [0.2, 0.25) is 0 Å². The van der Waals surface area contributed by atoms with E-state index < -0.39 is 0 Å². The van der Waals surface area contributed by atoms with E-state index in [1.807, 2.05) is 12.1 Å². The molecule has 3 rings (SSSR count). The van der Waals surface area contributed by atoms with Crippen LogP contribution in [0, 0.1) is 0 Å². The molecule has 126 valence electrons. The topological polar surface area (TPSA) is 39.7 Å². The highest BCUT2D eigenvalue weighted by Gasteiger charge is 2.15. The second-order valence-electron chi connectivity index (χ2n) is 5.69. The number of furan rings is 1. The lowest BCUT2D eigenvalue weighted by molar-refractivity contribution is 0.161. The summed E-state index contributed by atoms with van der Waals surface area (Å²) in [6, 6.07) is 12.4. The highest BCUT2D eigenvalue weighted by atomic mass is 32.1. The predicted octanol–water partition coefficient (Wildman–Crippen LogP) is 4.81. The van der Waals surface area contributed by atoms with Gasteiger partial charge >= 0.3 is 0 Å². The molecule has 3 aromatic rings. The zero-order valence-electron chi connectivity index (χ0n) is 14.2. The number of nitrogens with zero attached hydrogens (tertiary/aromatic N) is 2. The summed E-state index contributed by atoms with van der Waals surface area (Å²) in [6.07, 6.45) is 2.73. The summed E-state index contributed by atoms with van der Waals surface area (Å²) in [5.74, 6) is 0.844. The fourth-order valence-corrected chi connectivity index (χ4v) is 3.66. The third kappa shape index (κ3) is 3.52. The van der Waals surface area contributed by atoms with Gasteiger partial charge in [-0.15, -0.1) is 11.3 Å². The van der Waals surface area contributed by atoms with Crippen molar-refractivity contribution in [1.82, 2.24) is 4.57 Å². The summed E-state index contributed by atoms with van der Waals surface area (Å²) < 4.78 is 13.1. The fraction of sp³-hybridized carbons (Fsp3) is 0.316. The molecule has 0 spiro atoms. The Balaban J connectivity index is 2.07. The molecule has 0 N–H and O–H groups in total. The summed E-state index contributed by atoms with van der Waals surface area (Å²) in [5.41, 5.74) is 3.30. The molecule has 0 radical (unpaired) electrons. The fourth-order valence-electron chi connectivity index (χ4n) is 2.66. The minimum absolute atomic E-state index is 0.162. The van der Waals surface area contributed by atoms with E-state index in [0.717, 1.165) is 28.4 Å². The van der Waals surface area contributed by atoms with Gasteiger partial charge in [-0.3, -0.25) is 0 Å². The van der Waals surface area contributed by atoms with Crippen molar-refractivity contribution in [2.75, 3.05) is 13.7 Å². The van der Waals surface area contributed by atoms with Gasteiger partial charge in [-0.05, 0) is 43.2 Å². The predicted molar refractivity (Wildman–Crippen MR) is 97.6 cm³/mol. The maximum Gasteiger partial charge on any atom is 0.190 e. The summed E-state index contributed by atoms with van der Waals surface area (Å²) in [5, 5.41) is 2.09. The van der Waals surface area contributed by atoms with Gasteiger partial charge in [0.15, 0.2) is 10.6 Å². The number of hydrogen-bond donors (Lipinski definition) is 0. The normalized spacial score (nSPS) is 13.4. The largest absolute Gasteiger partial charge is 0.463 e. The van der Waals surface area contributed by atoms with Crippen molar-refractivity contribution in [3.05, 3.63) is 58.4 Å². The second-order valence-corrected chi connectivity index (χ2v) is 6.52. The summed E-state index contributed by atoms with van der Waals surface area (Å²) in [7, 11) is 1.72. The number of thiazole rings is 1. The molecular formula is C19H22N2O2S. The molecule has 24 heavy (non-hydrogen) atoms. The van der Waals surface area contributed by atoms with E-state index in [0.29, 0.717) is 6.61 Å². The Morgan fingerprint density at radius 2 is 2.04 bits per heavy atom. The first-order valence-electron chi connectivity index (χ1n) is 8.09. The lowest BCUT2D eigenvalue weighted by Gasteiger charge is -2.15. The molecule has 0 fully saturated rings. The molecule has 0 amide bonds. The third-order valence-corrected chi connectivity index (χ3v) is 4.77. The summed E-state index contributed by atoms with van der Waals surface area (Å²) >= 11 is 1.61. The van der Waals surface area contributed by atoms with E-state index in [4.69, 9.17) is 14.1 Å². The summed E-state index contributed by atoms with van der Waals surface area (Å²) in [6.45, 7) is 4.90. The van der Waals surface area contributed by atoms with Crippen LogP contribution in [-0.2, 0) is 11.2 Å². The van der Waals surface area contributed by atoms with E-state index in [2.05, 4.69) is 48.1 Å². The number of rotatable bonds is 6. The Bertz CT molecular complexity index is 829. The Hall–Kier alpha value is -2.11. The molecular weight excluding hydrogens is 320 g/mol. The van der Waals surface area contributed by atoms with E-state index >= 15 is 0 Å². The molecule has 0 saturated heterocycles. The average Bonchev–Trinajstić information content (AvgIpc) is 3.25. The van der Waals surface area contributed by atoms with Gasteiger partial charge in [0.1, 0.15) is 0 Å². The molecule has 2 heterocycles. The first-order chi connectivity index (χ1) is 11.7. The maximum absolute atomic E-state index is 5.59. The van der Waals surface area contributed by atoms with E-state index in [9.17, 15) is 0 Å². The highest BCUT2D eigenvalue weighted by molar-refractivity contribution is 7.07. The lowest BCUT2D eigenvalue weighted by atomic mass is 10.2. The van der Waals surface area contributed by atoms with Crippen molar-refractivity contribution in [1.29, 1.82) is 0 Å². The zero-order valence-corrected chi connectivity index (χ0v) is 15.0. The number of aryl methyl sites for hydroxylation is 1. The smallest absolute Gasteiger partial charge is 0.190 e. The molecule has 1 unspecified atom stereocenters. The van der Waals surface area contributed by atoms with E-state index in [-0.39, 0.29) is 6.04 Å². The summed E-state index contributed by atoms with van der Waals surface area (Å²) in [4.78, 5) is 5.77. The van der Waals surface area contributed by atoms with Crippen LogP contribution < -0.4 is 4.80 Å². The number of aromatic nitrogens is 1. The van der Waals surface area contributed by atoms with Crippen molar-refractivity contribution < 1.29 is 9.15 Å². The van der Waals surface area contributed by atoms with Crippen LogP contribution in [0.3, 0.4) is 0 Å². The second kappa shape index (κ2) is 7.64. The number of ether oxygens (including phenoxy) is 1. The van der Waals surface area contributed by atoms with Crippen molar-refractivity contribution >= 4 is 17.0 Å². The quantitative estimate of drug-likeness (QED) is 0.645. The maximum atomic E-state index is 5.59. The Morgan fingerprint density at radius 1 is 1.25 bits per heavy atom. The van der Waals surface area contributed by atoms with E-state index in [1.54, 1.807) is 24.7 Å². The molecule has 2 aromatic heterocycles. The van der Waals surface area contributed by atoms with Gasteiger partial charge in [-0.25, -0.2) is 4.99 Å². The van der Waals surface area contributed by atoms with Crippen LogP contribution in [0.15, 0.2) is 57.5 Å². The average molecular weight is 342 g/mol. The SMILES string of the molecule is CCc1ccc(N=c2scc(-c3ccco3)n2C(C)COC)cc1. The Labute approximate surface area is 146 Å². The lowest BCUT2D eigenvalue weighted by Crippen LogP contribution is -2.22. The van der Waals surface area contributed by atoms with Gasteiger partial charge in [-0.1, -0.05) is 19.1 Å². The van der Waals surface area contributed by atoms with E-state index in [1.165, 1.54) is 5.56 Å². The number of methoxy groups -OCH3 is 1. The molecule has 0 aliphatic heterocycles. The van der Waals surface area contributed by atoms with Crippen molar-refractivity contribution in [3.8, 4) is 11.5 Å². The van der Waals surface area contributed by atoms with Gasteiger partial charge in [0.05, 0.1) is 30.3 Å². The Morgan fingerprint density at radius 3 is 2.67 bits per heavy atom. The molecule has 1 aromatic carbocycles. The first-order valence-corrected chi connectivity index (χ1v) is 8.97. The molecule has 0 aliphatic rings. The van der Waals surface area contributed by atoms with Crippen LogP contribution in [-0.4, -0.2) is 18.3 Å². The standard InChI is InChI=1S/C19H22N2O2S/c1-4-15-7-9-16(10-8-15)20-19-21(14(2)12-22-3)17(13-24-19)18-6-5-11-23-18/h5-11,13-14H,4,12H2,1-3H3. The number of hydrogen-bond acceptors (Lipinski definition) is 4. The molecule has 5 heteroatoms. The van der Waals surface area contributed by atoms with Crippen LogP contribution in [0.1, 0.15) is 25.5 Å². The minimum Gasteiger partial charge on any atom is -0.463 e. The third-order valence-electron chi connectivity index (χ3n) is 3.93. The first kappa shape index (κ1) is 16.7. The molecule has 0 saturated carbocycles. The van der Waals surface area contributed by atoms with Crippen LogP contribution in [0.25, 0.3) is 11.5 Å². The molecule has 0 bridgehead atoms. The minimum atomic E-state index is 0.162. The van der Waals surface area contributed by atoms with Gasteiger partial charge in [-0.2, -0.15) is 0 Å². The molecule has 1 atom stereocenters.